The van der Waals surface area contributed by atoms with Crippen molar-refractivity contribution in [3.05, 3.63) is 54.0 Å². The molecule has 0 spiro atoms. The first-order valence-electron chi connectivity index (χ1n) is 7.80. The van der Waals surface area contributed by atoms with Crippen LogP contribution in [0.1, 0.15) is 0 Å². The number of hydrogen-bond donors (Lipinski definition) is 2. The Morgan fingerprint density at radius 1 is 1.08 bits per heavy atom. The summed E-state index contributed by atoms with van der Waals surface area (Å²) in [5.41, 5.74) is 2.07. The summed E-state index contributed by atoms with van der Waals surface area (Å²) in [6, 6.07) is 10.1. The minimum atomic E-state index is -0.126. The molecule has 0 saturated carbocycles. The number of nitrogens with zero attached hydrogens (tertiary/aromatic N) is 5. The van der Waals surface area contributed by atoms with Gasteiger partial charge in [-0.25, -0.2) is 9.83 Å². The van der Waals surface area contributed by atoms with Gasteiger partial charge in [0, 0.05) is 17.0 Å². The number of rotatable bonds is 4. The standard InChI is InChI=1S/C18H13N5O3/c1-19-11-2-4-14-15(10-11)22-23(21-14)16-5-3-13-12(17(16)25)6-7-20-18(13)26-9-8-24/h2-7,10,24-25H,8-9H2. The number of pyridine rings is 1. The molecular weight excluding hydrogens is 334 g/mol. The maximum atomic E-state index is 10.7. The molecular formula is C18H13N5O3. The lowest BCUT2D eigenvalue weighted by molar-refractivity contribution is 0.198. The van der Waals surface area contributed by atoms with Crippen molar-refractivity contribution < 1.29 is 14.9 Å². The van der Waals surface area contributed by atoms with E-state index in [4.69, 9.17) is 16.4 Å². The summed E-state index contributed by atoms with van der Waals surface area (Å²) < 4.78 is 5.40. The Morgan fingerprint density at radius 3 is 2.73 bits per heavy atom. The first-order chi connectivity index (χ1) is 12.7. The van der Waals surface area contributed by atoms with Crippen LogP contribution < -0.4 is 4.74 Å². The zero-order valence-corrected chi connectivity index (χ0v) is 13.5. The van der Waals surface area contributed by atoms with Gasteiger partial charge < -0.3 is 14.9 Å². The number of phenols is 1. The van der Waals surface area contributed by atoms with E-state index in [-0.39, 0.29) is 19.0 Å². The summed E-state index contributed by atoms with van der Waals surface area (Å²) in [6.45, 7) is 7.07. The van der Waals surface area contributed by atoms with Crippen LogP contribution >= 0.6 is 0 Å². The minimum absolute atomic E-state index is 0.00976. The number of benzene rings is 2. The smallest absolute Gasteiger partial charge is 0.221 e. The second kappa shape index (κ2) is 6.31. The van der Waals surface area contributed by atoms with Crippen molar-refractivity contribution in [2.45, 2.75) is 0 Å². The van der Waals surface area contributed by atoms with E-state index in [0.717, 1.165) is 0 Å². The first-order valence-corrected chi connectivity index (χ1v) is 7.80. The number of aliphatic hydroxyl groups is 1. The van der Waals surface area contributed by atoms with E-state index >= 15 is 0 Å². The Kier molecular flexibility index (Phi) is 3.84. The summed E-state index contributed by atoms with van der Waals surface area (Å²) in [6.07, 6.45) is 1.52. The molecule has 0 amide bonds. The fourth-order valence-electron chi connectivity index (χ4n) is 2.70. The van der Waals surface area contributed by atoms with Crippen LogP contribution in [0.15, 0.2) is 42.6 Å². The first kappa shape index (κ1) is 15.8. The van der Waals surface area contributed by atoms with Crippen LogP contribution in [0.25, 0.3) is 32.3 Å². The molecule has 2 heterocycles. The van der Waals surface area contributed by atoms with Crippen LogP contribution in [0.5, 0.6) is 11.6 Å². The Labute approximate surface area is 147 Å². The molecule has 0 fully saturated rings. The second-order valence-corrected chi connectivity index (χ2v) is 5.49. The Morgan fingerprint density at radius 2 is 1.92 bits per heavy atom. The van der Waals surface area contributed by atoms with E-state index in [2.05, 4.69) is 20.0 Å². The van der Waals surface area contributed by atoms with E-state index in [1.54, 1.807) is 36.4 Å². The summed E-state index contributed by atoms with van der Waals surface area (Å²) >= 11 is 0. The number of aromatic nitrogens is 4. The van der Waals surface area contributed by atoms with Gasteiger partial charge in [-0.05, 0) is 30.3 Å². The van der Waals surface area contributed by atoms with Crippen LogP contribution in [0.3, 0.4) is 0 Å². The maximum Gasteiger partial charge on any atom is 0.221 e. The van der Waals surface area contributed by atoms with Crippen LogP contribution in [0.2, 0.25) is 0 Å². The van der Waals surface area contributed by atoms with E-state index in [1.165, 1.54) is 11.0 Å². The van der Waals surface area contributed by atoms with Crippen molar-refractivity contribution >= 4 is 27.5 Å². The molecule has 128 valence electrons. The molecule has 0 unspecified atom stereocenters. The van der Waals surface area contributed by atoms with Gasteiger partial charge >= 0.3 is 0 Å². The fourth-order valence-corrected chi connectivity index (χ4v) is 2.70. The number of hydrogen-bond acceptors (Lipinski definition) is 6. The molecule has 0 bridgehead atoms. The Balaban J connectivity index is 1.85. The van der Waals surface area contributed by atoms with Gasteiger partial charge in [-0.3, -0.25) is 0 Å². The molecule has 8 nitrogen and oxygen atoms in total. The van der Waals surface area contributed by atoms with Crippen LogP contribution in [0, 0.1) is 6.57 Å². The summed E-state index contributed by atoms with van der Waals surface area (Å²) in [4.78, 5) is 8.85. The van der Waals surface area contributed by atoms with Gasteiger partial charge in [0.15, 0.2) is 11.4 Å². The third kappa shape index (κ3) is 2.56. The van der Waals surface area contributed by atoms with Crippen molar-refractivity contribution in [3.8, 4) is 17.3 Å². The quantitative estimate of drug-likeness (QED) is 0.551. The third-order valence-corrected chi connectivity index (χ3v) is 3.90. The Hall–Kier alpha value is -3.70. The molecule has 4 rings (SSSR count). The summed E-state index contributed by atoms with van der Waals surface area (Å²) in [7, 11) is 0. The van der Waals surface area contributed by atoms with Crippen molar-refractivity contribution in [1.82, 2.24) is 20.0 Å². The lowest BCUT2D eigenvalue weighted by Gasteiger charge is -2.10. The van der Waals surface area contributed by atoms with Gasteiger partial charge in [-0.15, -0.1) is 15.0 Å². The highest BCUT2D eigenvalue weighted by Crippen LogP contribution is 2.34. The SMILES string of the molecule is [C-]#[N+]c1ccc2nn(-c3ccc4c(OCCO)nccc4c3O)nc2c1. The van der Waals surface area contributed by atoms with Gasteiger partial charge in [0.05, 0.1) is 13.2 Å². The number of phenolic OH excluding ortho intramolecular Hbond substituents is 1. The van der Waals surface area contributed by atoms with Gasteiger partial charge in [-0.1, -0.05) is 6.07 Å². The highest BCUT2D eigenvalue weighted by Gasteiger charge is 2.14. The van der Waals surface area contributed by atoms with Gasteiger partial charge in [0.25, 0.3) is 0 Å². The average Bonchev–Trinajstić information content (AvgIpc) is 3.09. The zero-order chi connectivity index (χ0) is 18.1. The number of fused-ring (bicyclic) bond motifs is 2. The fraction of sp³-hybridized carbons (Fsp3) is 0.111. The topological polar surface area (TPSA) is 97.7 Å². The molecule has 4 aromatic rings. The summed E-state index contributed by atoms with van der Waals surface area (Å²) in [5.74, 6) is 0.322. The number of ether oxygens (including phenoxy) is 1. The van der Waals surface area contributed by atoms with Crippen molar-refractivity contribution in [1.29, 1.82) is 0 Å². The highest BCUT2D eigenvalue weighted by atomic mass is 16.5. The monoisotopic (exact) mass is 347 g/mol. The second-order valence-electron chi connectivity index (χ2n) is 5.49. The predicted molar refractivity (Wildman–Crippen MR) is 94.7 cm³/mol. The van der Waals surface area contributed by atoms with E-state index in [0.29, 0.717) is 39.1 Å². The normalized spacial score (nSPS) is 10.9. The predicted octanol–water partition coefficient (Wildman–Crippen LogP) is 2.60. The molecule has 2 aromatic carbocycles. The lowest BCUT2D eigenvalue weighted by atomic mass is 10.1. The van der Waals surface area contributed by atoms with Crippen LogP contribution in [0.4, 0.5) is 5.69 Å². The van der Waals surface area contributed by atoms with Crippen molar-refractivity contribution in [3.63, 3.8) is 0 Å². The molecule has 2 N–H and O–H groups in total. The minimum Gasteiger partial charge on any atom is -0.505 e. The van der Waals surface area contributed by atoms with E-state index in [9.17, 15) is 5.11 Å². The molecule has 0 aliphatic heterocycles. The van der Waals surface area contributed by atoms with Crippen LogP contribution in [-0.2, 0) is 0 Å². The molecule has 0 aliphatic carbocycles. The summed E-state index contributed by atoms with van der Waals surface area (Å²) in [5, 5.41) is 29.5. The molecule has 0 atom stereocenters. The zero-order valence-electron chi connectivity index (χ0n) is 13.5. The molecule has 0 aliphatic rings. The largest absolute Gasteiger partial charge is 0.505 e. The lowest BCUT2D eigenvalue weighted by Crippen LogP contribution is -2.04. The van der Waals surface area contributed by atoms with Gasteiger partial charge in [-0.2, -0.15) is 0 Å². The van der Waals surface area contributed by atoms with E-state index in [1.807, 2.05) is 0 Å². The molecule has 26 heavy (non-hydrogen) atoms. The van der Waals surface area contributed by atoms with E-state index < -0.39 is 0 Å². The molecule has 0 radical (unpaired) electrons. The van der Waals surface area contributed by atoms with Crippen molar-refractivity contribution in [2.75, 3.05) is 13.2 Å². The van der Waals surface area contributed by atoms with Crippen LogP contribution in [-0.4, -0.2) is 43.4 Å². The maximum absolute atomic E-state index is 10.7. The van der Waals surface area contributed by atoms with Gasteiger partial charge in [0.1, 0.15) is 23.3 Å². The van der Waals surface area contributed by atoms with Crippen molar-refractivity contribution in [2.24, 2.45) is 0 Å². The number of aromatic hydroxyl groups is 1. The molecule has 2 aromatic heterocycles. The highest BCUT2D eigenvalue weighted by molar-refractivity contribution is 5.94. The number of aliphatic hydroxyl groups excluding tert-OH is 1. The average molecular weight is 347 g/mol. The molecule has 8 heteroatoms. The Bertz CT molecular complexity index is 1160. The van der Waals surface area contributed by atoms with Gasteiger partial charge in [0.2, 0.25) is 5.88 Å². The molecule has 0 saturated heterocycles. The third-order valence-electron chi connectivity index (χ3n) is 3.90.